The van der Waals surface area contributed by atoms with Gasteiger partial charge in [0, 0.05) is 6.42 Å². The molecule has 84 valence electrons. The minimum Gasteiger partial charge on any atom is -0.480 e. The zero-order valence-corrected chi connectivity index (χ0v) is 8.71. The van der Waals surface area contributed by atoms with Gasteiger partial charge in [-0.2, -0.15) is 0 Å². The highest BCUT2D eigenvalue weighted by molar-refractivity contribution is 5.98. The van der Waals surface area contributed by atoms with Gasteiger partial charge in [-0.15, -0.1) is 0 Å². The Morgan fingerprint density at radius 1 is 1.44 bits per heavy atom. The largest absolute Gasteiger partial charge is 0.480 e. The van der Waals surface area contributed by atoms with Crippen LogP contribution in [0.4, 0.5) is 10.5 Å². The van der Waals surface area contributed by atoms with Gasteiger partial charge < -0.3 is 9.84 Å². The number of amides is 1. The number of carbonyl (C=O) groups is 2. The fourth-order valence-corrected chi connectivity index (χ4v) is 1.91. The molecule has 1 aromatic rings. The van der Waals surface area contributed by atoms with Gasteiger partial charge in [0.25, 0.3) is 0 Å². The molecule has 1 aromatic carbocycles. The van der Waals surface area contributed by atoms with Gasteiger partial charge in [-0.3, -0.25) is 4.90 Å². The van der Waals surface area contributed by atoms with Crippen LogP contribution >= 0.6 is 0 Å². The van der Waals surface area contributed by atoms with Crippen LogP contribution in [0, 0.1) is 0 Å². The molecule has 2 rings (SSSR count). The van der Waals surface area contributed by atoms with E-state index in [2.05, 4.69) is 4.74 Å². The van der Waals surface area contributed by atoms with Crippen LogP contribution in [0.3, 0.4) is 0 Å². The summed E-state index contributed by atoms with van der Waals surface area (Å²) in [6, 6.07) is 6.24. The molecule has 16 heavy (non-hydrogen) atoms. The normalized spacial score (nSPS) is 18.1. The summed E-state index contributed by atoms with van der Waals surface area (Å²) in [5, 5.41) is 9.05. The quantitative estimate of drug-likeness (QED) is 0.775. The second kappa shape index (κ2) is 3.84. The van der Waals surface area contributed by atoms with Crippen LogP contribution in [-0.4, -0.2) is 30.3 Å². The first-order valence-corrected chi connectivity index (χ1v) is 4.83. The third kappa shape index (κ3) is 1.50. The number of carboxylic acids is 1. The summed E-state index contributed by atoms with van der Waals surface area (Å²) in [5.74, 6) is -1.03. The van der Waals surface area contributed by atoms with Crippen molar-refractivity contribution in [3.8, 4) is 0 Å². The van der Waals surface area contributed by atoms with Crippen molar-refractivity contribution in [2.24, 2.45) is 0 Å². The highest BCUT2D eigenvalue weighted by Crippen LogP contribution is 2.32. The minimum atomic E-state index is -1.03. The zero-order chi connectivity index (χ0) is 11.7. The lowest BCUT2D eigenvalue weighted by Gasteiger charge is -2.20. The standard InChI is InChI=1S/C11H11NO4/c1-16-11(15)12-8-5-3-2-4-7(8)6-9(12)10(13)14/h2-5,9H,6H2,1H3,(H,13,14)/t9-/m0/s1. The van der Waals surface area contributed by atoms with Crippen molar-refractivity contribution in [2.75, 3.05) is 12.0 Å². The number of ether oxygens (including phenoxy) is 1. The Morgan fingerprint density at radius 2 is 2.12 bits per heavy atom. The number of methoxy groups -OCH3 is 1. The third-order valence-electron chi connectivity index (χ3n) is 2.63. The monoisotopic (exact) mass is 221 g/mol. The number of nitrogens with zero attached hydrogens (tertiary/aromatic N) is 1. The molecule has 0 unspecified atom stereocenters. The fraction of sp³-hybridized carbons (Fsp3) is 0.273. The summed E-state index contributed by atoms with van der Waals surface area (Å²) in [6.07, 6.45) is -0.321. The van der Waals surface area contributed by atoms with Crippen molar-refractivity contribution in [3.63, 3.8) is 0 Å². The van der Waals surface area contributed by atoms with Crippen LogP contribution in [0.1, 0.15) is 5.56 Å². The van der Waals surface area contributed by atoms with Crippen LogP contribution in [0.5, 0.6) is 0 Å². The summed E-state index contributed by atoms with van der Waals surface area (Å²) >= 11 is 0. The van der Waals surface area contributed by atoms with Crippen LogP contribution < -0.4 is 4.90 Å². The first kappa shape index (κ1) is 10.5. The highest BCUT2D eigenvalue weighted by atomic mass is 16.5. The number of carbonyl (C=O) groups excluding carboxylic acids is 1. The molecule has 1 heterocycles. The Labute approximate surface area is 92.2 Å². The van der Waals surface area contributed by atoms with Crippen molar-refractivity contribution in [3.05, 3.63) is 29.8 Å². The number of anilines is 1. The maximum Gasteiger partial charge on any atom is 0.414 e. The molecule has 1 aliphatic rings. The maximum atomic E-state index is 11.5. The molecule has 0 bridgehead atoms. The summed E-state index contributed by atoms with van der Waals surface area (Å²) in [4.78, 5) is 23.8. The second-order valence-corrected chi connectivity index (χ2v) is 3.53. The first-order valence-electron chi connectivity index (χ1n) is 4.83. The molecular weight excluding hydrogens is 210 g/mol. The van der Waals surface area contributed by atoms with Crippen LogP contribution in [0.25, 0.3) is 0 Å². The van der Waals surface area contributed by atoms with Crippen LogP contribution in [-0.2, 0) is 16.0 Å². The number of rotatable bonds is 1. The van der Waals surface area contributed by atoms with E-state index in [1.54, 1.807) is 12.1 Å². The van der Waals surface area contributed by atoms with E-state index in [9.17, 15) is 9.59 Å². The van der Waals surface area contributed by atoms with Gasteiger partial charge in [-0.25, -0.2) is 9.59 Å². The van der Waals surface area contributed by atoms with Gasteiger partial charge in [-0.1, -0.05) is 18.2 Å². The lowest BCUT2D eigenvalue weighted by molar-refractivity contribution is -0.138. The van der Waals surface area contributed by atoms with E-state index in [1.165, 1.54) is 12.0 Å². The molecule has 0 spiro atoms. The molecule has 1 atom stereocenters. The first-order chi connectivity index (χ1) is 7.65. The van der Waals surface area contributed by atoms with Gasteiger partial charge in [0.15, 0.2) is 0 Å². The highest BCUT2D eigenvalue weighted by Gasteiger charge is 2.38. The third-order valence-corrected chi connectivity index (χ3v) is 2.63. The molecule has 0 saturated carbocycles. The summed E-state index contributed by atoms with van der Waals surface area (Å²) in [7, 11) is 1.24. The molecule has 5 heteroatoms. The van der Waals surface area contributed by atoms with E-state index >= 15 is 0 Å². The lowest BCUT2D eigenvalue weighted by Crippen LogP contribution is -2.42. The van der Waals surface area contributed by atoms with E-state index in [0.717, 1.165) is 5.56 Å². The van der Waals surface area contributed by atoms with Crippen molar-refractivity contribution >= 4 is 17.7 Å². The maximum absolute atomic E-state index is 11.5. The topological polar surface area (TPSA) is 66.8 Å². The average Bonchev–Trinajstić information content (AvgIpc) is 2.67. The molecule has 0 aliphatic carbocycles. The molecular formula is C11H11NO4. The Hall–Kier alpha value is -2.04. The van der Waals surface area contributed by atoms with Gasteiger partial charge in [0.05, 0.1) is 12.8 Å². The van der Waals surface area contributed by atoms with Crippen molar-refractivity contribution < 1.29 is 19.4 Å². The van der Waals surface area contributed by atoms with E-state index in [-0.39, 0.29) is 0 Å². The predicted molar refractivity (Wildman–Crippen MR) is 56.5 cm³/mol. The number of hydrogen-bond donors (Lipinski definition) is 1. The van der Waals surface area contributed by atoms with Gasteiger partial charge in [0.1, 0.15) is 6.04 Å². The van der Waals surface area contributed by atoms with E-state index in [0.29, 0.717) is 12.1 Å². The zero-order valence-electron chi connectivity index (χ0n) is 8.71. The average molecular weight is 221 g/mol. The molecule has 1 aliphatic heterocycles. The number of aliphatic carboxylic acids is 1. The van der Waals surface area contributed by atoms with Crippen molar-refractivity contribution in [1.29, 1.82) is 0 Å². The lowest BCUT2D eigenvalue weighted by atomic mass is 10.1. The molecule has 1 amide bonds. The van der Waals surface area contributed by atoms with Crippen LogP contribution in [0.15, 0.2) is 24.3 Å². The molecule has 5 nitrogen and oxygen atoms in total. The van der Waals surface area contributed by atoms with Gasteiger partial charge in [-0.05, 0) is 11.6 Å². The number of carboxylic acid groups (broad SMARTS) is 1. The SMILES string of the molecule is COC(=O)N1c2ccccc2C[C@H]1C(=O)O. The smallest absolute Gasteiger partial charge is 0.414 e. The minimum absolute atomic E-state index is 0.320. The van der Waals surface area contributed by atoms with E-state index in [4.69, 9.17) is 5.11 Å². The molecule has 0 radical (unpaired) electrons. The molecule has 0 fully saturated rings. The van der Waals surface area contributed by atoms with E-state index in [1.807, 2.05) is 12.1 Å². The number of benzene rings is 1. The Kier molecular flexibility index (Phi) is 2.52. The fourth-order valence-electron chi connectivity index (χ4n) is 1.91. The predicted octanol–water partition coefficient (Wildman–Crippen LogP) is 1.27. The summed E-state index contributed by atoms with van der Waals surface area (Å²) in [5.41, 5.74) is 1.46. The molecule has 0 aromatic heterocycles. The van der Waals surface area contributed by atoms with Crippen LogP contribution in [0.2, 0.25) is 0 Å². The Morgan fingerprint density at radius 3 is 2.75 bits per heavy atom. The number of hydrogen-bond acceptors (Lipinski definition) is 3. The summed E-state index contributed by atoms with van der Waals surface area (Å²) < 4.78 is 4.60. The summed E-state index contributed by atoms with van der Waals surface area (Å²) in [6.45, 7) is 0. The van der Waals surface area contributed by atoms with Gasteiger partial charge >= 0.3 is 12.1 Å². The Balaban J connectivity index is 2.43. The number of fused-ring (bicyclic) bond motifs is 1. The van der Waals surface area contributed by atoms with Gasteiger partial charge in [0.2, 0.25) is 0 Å². The van der Waals surface area contributed by atoms with E-state index < -0.39 is 18.1 Å². The van der Waals surface area contributed by atoms with Crippen molar-refractivity contribution in [1.82, 2.24) is 0 Å². The Bertz CT molecular complexity index is 443. The van der Waals surface area contributed by atoms with Crippen molar-refractivity contribution in [2.45, 2.75) is 12.5 Å². The number of para-hydroxylation sites is 1. The molecule has 0 saturated heterocycles. The second-order valence-electron chi connectivity index (χ2n) is 3.53. The molecule has 1 N–H and O–H groups in total.